The molecule has 1 N–H and O–H groups in total. The molecule has 10 heteroatoms. The molecule has 1 radical (unpaired) electrons. The van der Waals surface area contributed by atoms with Crippen molar-refractivity contribution in [2.75, 3.05) is 13.4 Å². The van der Waals surface area contributed by atoms with Gasteiger partial charge in [0.2, 0.25) is 0 Å². The van der Waals surface area contributed by atoms with E-state index >= 15 is 0 Å². The molecule has 0 fully saturated rings. The van der Waals surface area contributed by atoms with E-state index in [4.69, 9.17) is 9.29 Å². The predicted molar refractivity (Wildman–Crippen MR) is 101 cm³/mol. The molecule has 0 bridgehead atoms. The largest absolute Gasteiger partial charge is 0.497 e. The second kappa shape index (κ2) is 12.3. The summed E-state index contributed by atoms with van der Waals surface area (Å²) in [5.41, 5.74) is 2.28. The molecule has 0 amide bonds. The number of nitrogens with zero attached hydrogens (tertiary/aromatic N) is 2. The number of non-ortho nitro benzene ring substituents is 1. The molecule has 0 aliphatic rings. The van der Waals surface area contributed by atoms with Gasteiger partial charge in [0.25, 0.3) is 10.1 Å². The van der Waals surface area contributed by atoms with Crippen molar-refractivity contribution in [2.45, 2.75) is 6.92 Å². The average Bonchev–Trinajstić information content (AvgIpc) is 2.54. The second-order valence-corrected chi connectivity index (χ2v) is 6.31. The molecule has 0 atom stereocenters. The van der Waals surface area contributed by atoms with E-state index in [0.29, 0.717) is 6.26 Å². The summed E-state index contributed by atoms with van der Waals surface area (Å²) in [7, 11) is -2.06. The van der Waals surface area contributed by atoms with Crippen LogP contribution in [-0.4, -0.2) is 37.0 Å². The van der Waals surface area contributed by atoms with Crippen LogP contribution < -0.4 is 4.74 Å². The van der Waals surface area contributed by atoms with Crippen LogP contribution in [0, 0.1) is 23.6 Å². The molecule has 0 saturated carbocycles. The molecule has 0 aliphatic carbocycles. The number of hydrogen-bond donors (Lipinski definition) is 1. The van der Waals surface area contributed by atoms with E-state index in [1.807, 2.05) is 31.2 Å². The molecular weight excluding hydrogens is 552 g/mol. The maximum Gasteiger partial charge on any atom is 0.261 e. The molecule has 2 aromatic rings. The number of aliphatic imine (C=N–C) groups is 1. The Bertz CT molecular complexity index is 842. The Labute approximate surface area is 172 Å². The standard InChI is InChI=1S/C15H13N2O3.CH4O3S.CH3.Ir/c1-11(12-3-7-14(8-4-12)17(18)19)16-13-5-9-15(20-2)10-6-13;1-5(2,3)4;;/h3,5-10H,1-2H3;1H3,(H,2,3,4);1H3;/q-1;;-1;. The van der Waals surface area contributed by atoms with E-state index in [2.05, 4.69) is 11.1 Å². The third kappa shape index (κ3) is 11.2. The SMILES string of the molecule is COc1ccc(N=C(C)c2[c-]cc([N+](=O)[O-])cc2)cc1.CS(=O)(=O)O.[CH3-].[Ir]. The van der Waals surface area contributed by atoms with E-state index in [9.17, 15) is 18.5 Å². The van der Waals surface area contributed by atoms with Gasteiger partial charge in [0.1, 0.15) is 5.75 Å². The van der Waals surface area contributed by atoms with Gasteiger partial charge < -0.3 is 17.2 Å². The van der Waals surface area contributed by atoms with Crippen LogP contribution in [0.5, 0.6) is 5.75 Å². The van der Waals surface area contributed by atoms with Crippen molar-refractivity contribution in [3.63, 3.8) is 0 Å². The van der Waals surface area contributed by atoms with Crippen LogP contribution in [-0.2, 0) is 30.2 Å². The summed E-state index contributed by atoms with van der Waals surface area (Å²) in [6.45, 7) is 1.84. The summed E-state index contributed by atoms with van der Waals surface area (Å²) in [6, 6.07) is 14.6. The van der Waals surface area contributed by atoms with Gasteiger partial charge in [-0.05, 0) is 30.0 Å². The molecule has 2 aromatic carbocycles. The van der Waals surface area contributed by atoms with E-state index in [1.165, 1.54) is 12.1 Å². The quantitative estimate of drug-likeness (QED) is 0.197. The fraction of sp³-hybridized carbons (Fsp3) is 0.176. The fourth-order valence-corrected chi connectivity index (χ4v) is 1.67. The molecule has 0 aromatic heterocycles. The third-order valence-electron chi connectivity index (χ3n) is 2.77. The van der Waals surface area contributed by atoms with Gasteiger partial charge in [0, 0.05) is 25.0 Å². The molecule has 0 aliphatic heterocycles. The number of hydrogen-bond acceptors (Lipinski definition) is 6. The van der Waals surface area contributed by atoms with Gasteiger partial charge in [0.05, 0.1) is 19.1 Å². The summed E-state index contributed by atoms with van der Waals surface area (Å²) < 4.78 is 30.9. The Kier molecular flexibility index (Phi) is 12.3. The van der Waals surface area contributed by atoms with Gasteiger partial charge in [-0.15, -0.1) is 17.7 Å². The van der Waals surface area contributed by atoms with Crippen molar-refractivity contribution in [1.29, 1.82) is 0 Å². The topological polar surface area (TPSA) is 119 Å². The van der Waals surface area contributed by atoms with Crippen LogP contribution in [0.25, 0.3) is 0 Å². The molecule has 0 spiro atoms. The van der Waals surface area contributed by atoms with Gasteiger partial charge in [-0.1, -0.05) is 19.1 Å². The minimum Gasteiger partial charge on any atom is -0.497 e. The molecule has 151 valence electrons. The van der Waals surface area contributed by atoms with Gasteiger partial charge >= 0.3 is 0 Å². The zero-order valence-corrected chi connectivity index (χ0v) is 18.4. The molecule has 8 nitrogen and oxygen atoms in total. The zero-order chi connectivity index (χ0) is 19.0. The smallest absolute Gasteiger partial charge is 0.261 e. The Morgan fingerprint density at radius 3 is 2.11 bits per heavy atom. The van der Waals surface area contributed by atoms with Crippen LogP contribution in [0.15, 0.2) is 47.5 Å². The van der Waals surface area contributed by atoms with Crippen molar-refractivity contribution >= 4 is 27.2 Å². The molecular formula is C17H20IrN2O6S-2. The van der Waals surface area contributed by atoms with Crippen molar-refractivity contribution in [3.8, 4) is 5.75 Å². The van der Waals surface area contributed by atoms with Crippen LogP contribution >= 0.6 is 0 Å². The number of rotatable bonds is 4. The first kappa shape index (κ1) is 27.1. The molecule has 0 unspecified atom stereocenters. The first-order valence-electron chi connectivity index (χ1n) is 6.88. The molecule has 0 heterocycles. The Morgan fingerprint density at radius 1 is 1.22 bits per heavy atom. The molecule has 27 heavy (non-hydrogen) atoms. The predicted octanol–water partition coefficient (Wildman–Crippen LogP) is 3.50. The number of methoxy groups -OCH3 is 1. The second-order valence-electron chi connectivity index (χ2n) is 4.85. The Morgan fingerprint density at radius 2 is 1.74 bits per heavy atom. The number of benzene rings is 2. The summed E-state index contributed by atoms with van der Waals surface area (Å²) in [5.74, 6) is 0.767. The summed E-state index contributed by atoms with van der Waals surface area (Å²) >= 11 is 0. The number of ether oxygens (including phenoxy) is 1. The normalized spacial score (nSPS) is 10.4. The summed E-state index contributed by atoms with van der Waals surface area (Å²) in [6.07, 6.45) is 0.715. The fourth-order valence-electron chi connectivity index (χ4n) is 1.67. The van der Waals surface area contributed by atoms with Crippen LogP contribution in [0.2, 0.25) is 0 Å². The van der Waals surface area contributed by atoms with Crippen LogP contribution in [0.3, 0.4) is 0 Å². The molecule has 0 saturated heterocycles. The number of nitro benzene ring substituents is 1. The summed E-state index contributed by atoms with van der Waals surface area (Å²) in [5, 5.41) is 10.6. The maximum absolute atomic E-state index is 10.6. The Balaban J connectivity index is 0. The number of nitro groups is 1. The Hall–Kier alpha value is -2.13. The van der Waals surface area contributed by atoms with E-state index in [1.54, 1.807) is 13.2 Å². The van der Waals surface area contributed by atoms with Crippen LogP contribution in [0.1, 0.15) is 12.5 Å². The van der Waals surface area contributed by atoms with E-state index in [0.717, 1.165) is 22.7 Å². The maximum atomic E-state index is 10.6. The van der Waals surface area contributed by atoms with Crippen LogP contribution in [0.4, 0.5) is 11.4 Å². The minimum absolute atomic E-state index is 0. The first-order chi connectivity index (χ1) is 11.6. The zero-order valence-electron chi connectivity index (χ0n) is 15.2. The minimum atomic E-state index is -3.67. The monoisotopic (exact) mass is 573 g/mol. The van der Waals surface area contributed by atoms with Gasteiger partial charge in [0.15, 0.2) is 5.69 Å². The summed E-state index contributed by atoms with van der Waals surface area (Å²) in [4.78, 5) is 14.6. The van der Waals surface area contributed by atoms with Crippen molar-refractivity contribution in [2.24, 2.45) is 4.99 Å². The first-order valence-corrected chi connectivity index (χ1v) is 8.73. The van der Waals surface area contributed by atoms with Crippen molar-refractivity contribution in [3.05, 3.63) is 71.6 Å². The average molecular weight is 573 g/mol. The van der Waals surface area contributed by atoms with Crippen molar-refractivity contribution in [1.82, 2.24) is 0 Å². The molecule has 2 rings (SSSR count). The van der Waals surface area contributed by atoms with Crippen molar-refractivity contribution < 1.29 is 42.7 Å². The third-order valence-corrected chi connectivity index (χ3v) is 2.77. The van der Waals surface area contributed by atoms with E-state index < -0.39 is 15.0 Å². The van der Waals surface area contributed by atoms with Gasteiger partial charge in [-0.3, -0.25) is 14.7 Å². The van der Waals surface area contributed by atoms with Gasteiger partial charge in [-0.2, -0.15) is 8.42 Å². The van der Waals surface area contributed by atoms with Gasteiger partial charge in [-0.25, -0.2) is 0 Å². The van der Waals surface area contributed by atoms with E-state index in [-0.39, 0.29) is 33.2 Å².